The second kappa shape index (κ2) is 3.37. The van der Waals surface area contributed by atoms with Crippen molar-refractivity contribution in [2.75, 3.05) is 7.11 Å². The van der Waals surface area contributed by atoms with E-state index < -0.39 is 5.41 Å². The summed E-state index contributed by atoms with van der Waals surface area (Å²) in [6, 6.07) is 0. The molecule has 0 N–H and O–H groups in total. The Hall–Kier alpha value is -0.860. The molecule has 0 spiro atoms. The molecule has 0 aromatic carbocycles. The van der Waals surface area contributed by atoms with Crippen LogP contribution in [-0.4, -0.2) is 19.4 Å². The summed E-state index contributed by atoms with van der Waals surface area (Å²) in [7, 11) is 1.40. The lowest BCUT2D eigenvalue weighted by Gasteiger charge is -2.36. The first-order chi connectivity index (χ1) is 6.39. The summed E-state index contributed by atoms with van der Waals surface area (Å²) in [5.74, 6) is -0.344. The van der Waals surface area contributed by atoms with Gasteiger partial charge in [-0.2, -0.15) is 0 Å². The van der Waals surface area contributed by atoms with Crippen molar-refractivity contribution in [3.63, 3.8) is 0 Å². The fourth-order valence-electron chi connectivity index (χ4n) is 2.29. The van der Waals surface area contributed by atoms with Gasteiger partial charge >= 0.3 is 5.97 Å². The smallest absolute Gasteiger partial charge is 0.309 e. The third-order valence-corrected chi connectivity index (χ3v) is 4.04. The predicted molar refractivity (Wildman–Crippen MR) is 52.7 cm³/mol. The Labute approximate surface area is 84.8 Å². The predicted octanol–water partition coefficient (Wildman–Crippen LogP) is 1.80. The highest BCUT2D eigenvalue weighted by molar-refractivity contribution is 5.76. The number of ether oxygens (including phenoxy) is 1. The summed E-state index contributed by atoms with van der Waals surface area (Å²) < 4.78 is 4.75. The van der Waals surface area contributed by atoms with Crippen molar-refractivity contribution in [3.05, 3.63) is 0 Å². The van der Waals surface area contributed by atoms with Gasteiger partial charge in [0.1, 0.15) is 6.29 Å². The molecular formula is C11H18O3. The molecule has 0 radical (unpaired) electrons. The van der Waals surface area contributed by atoms with Gasteiger partial charge in [-0.15, -0.1) is 0 Å². The van der Waals surface area contributed by atoms with Gasteiger partial charge in [0, 0.05) is 5.41 Å². The quantitative estimate of drug-likeness (QED) is 0.502. The van der Waals surface area contributed by atoms with Crippen LogP contribution in [0.4, 0.5) is 0 Å². The van der Waals surface area contributed by atoms with E-state index in [1.54, 1.807) is 0 Å². The number of carbonyl (C=O) groups excluding carboxylic acids is 2. The molecule has 0 aliphatic heterocycles. The third kappa shape index (κ3) is 1.35. The second-order valence-corrected chi connectivity index (χ2v) is 4.87. The number of hydrogen-bond donors (Lipinski definition) is 0. The Morgan fingerprint density at radius 2 is 2.00 bits per heavy atom. The number of carbonyl (C=O) groups is 2. The molecule has 0 saturated heterocycles. The van der Waals surface area contributed by atoms with Gasteiger partial charge in [-0.25, -0.2) is 0 Å². The van der Waals surface area contributed by atoms with E-state index in [2.05, 4.69) is 0 Å². The fraction of sp³-hybridized carbons (Fsp3) is 0.818. The molecule has 1 fully saturated rings. The van der Waals surface area contributed by atoms with Crippen LogP contribution in [0.25, 0.3) is 0 Å². The van der Waals surface area contributed by atoms with Crippen LogP contribution in [0.2, 0.25) is 0 Å². The lowest BCUT2D eigenvalue weighted by Crippen LogP contribution is -2.38. The minimum atomic E-state index is -0.397. The third-order valence-electron chi connectivity index (χ3n) is 4.04. The molecule has 0 aromatic heterocycles. The highest BCUT2D eigenvalue weighted by atomic mass is 16.5. The molecule has 0 heterocycles. The Bertz CT molecular complexity index is 257. The van der Waals surface area contributed by atoms with Crippen LogP contribution in [0.3, 0.4) is 0 Å². The molecule has 1 aliphatic carbocycles. The number of hydrogen-bond acceptors (Lipinski definition) is 3. The van der Waals surface area contributed by atoms with Gasteiger partial charge in [-0.3, -0.25) is 4.79 Å². The van der Waals surface area contributed by atoms with Crippen LogP contribution < -0.4 is 0 Å². The Balaban J connectivity index is 2.97. The van der Waals surface area contributed by atoms with E-state index in [9.17, 15) is 9.59 Å². The molecular weight excluding hydrogens is 180 g/mol. The summed E-state index contributed by atoms with van der Waals surface area (Å²) in [5.41, 5.74) is -0.701. The Morgan fingerprint density at radius 1 is 1.43 bits per heavy atom. The normalized spacial score (nSPS) is 35.3. The average molecular weight is 198 g/mol. The van der Waals surface area contributed by atoms with E-state index in [1.165, 1.54) is 7.11 Å². The lowest BCUT2D eigenvalue weighted by atomic mass is 9.66. The maximum atomic E-state index is 11.5. The molecule has 2 atom stereocenters. The monoisotopic (exact) mass is 198 g/mol. The largest absolute Gasteiger partial charge is 0.469 e. The van der Waals surface area contributed by atoms with Crippen LogP contribution in [0.1, 0.15) is 33.6 Å². The van der Waals surface area contributed by atoms with Gasteiger partial charge in [-0.1, -0.05) is 20.8 Å². The number of esters is 1. The van der Waals surface area contributed by atoms with E-state index in [-0.39, 0.29) is 17.3 Å². The maximum Gasteiger partial charge on any atom is 0.309 e. The number of aldehydes is 1. The van der Waals surface area contributed by atoms with Crippen molar-refractivity contribution in [2.45, 2.75) is 33.6 Å². The topological polar surface area (TPSA) is 43.4 Å². The summed E-state index contributed by atoms with van der Waals surface area (Å²) >= 11 is 0. The molecule has 0 amide bonds. The zero-order chi connectivity index (χ0) is 11.0. The summed E-state index contributed by atoms with van der Waals surface area (Å²) in [6.07, 6.45) is 2.49. The molecule has 1 rings (SSSR count). The van der Waals surface area contributed by atoms with E-state index in [1.807, 2.05) is 20.8 Å². The van der Waals surface area contributed by atoms with Crippen LogP contribution in [0.5, 0.6) is 0 Å². The van der Waals surface area contributed by atoms with Crippen LogP contribution in [-0.2, 0) is 14.3 Å². The summed E-state index contributed by atoms with van der Waals surface area (Å²) in [4.78, 5) is 22.5. The average Bonchev–Trinajstić information content (AvgIpc) is 2.38. The molecule has 0 aromatic rings. The van der Waals surface area contributed by atoms with Gasteiger partial charge in [0.05, 0.1) is 13.0 Å². The lowest BCUT2D eigenvalue weighted by molar-refractivity contribution is -0.150. The molecule has 3 nitrogen and oxygen atoms in total. The van der Waals surface area contributed by atoms with Crippen molar-refractivity contribution in [1.82, 2.24) is 0 Å². The van der Waals surface area contributed by atoms with Crippen LogP contribution in [0, 0.1) is 16.7 Å². The van der Waals surface area contributed by atoms with Crippen molar-refractivity contribution >= 4 is 12.3 Å². The zero-order valence-corrected chi connectivity index (χ0v) is 9.29. The minimum absolute atomic E-state index is 0.150. The maximum absolute atomic E-state index is 11.5. The summed E-state index contributed by atoms with van der Waals surface area (Å²) in [6.45, 7) is 5.86. The first kappa shape index (κ1) is 11.2. The molecule has 80 valence electrons. The van der Waals surface area contributed by atoms with E-state index in [0.717, 1.165) is 19.1 Å². The van der Waals surface area contributed by atoms with Crippen LogP contribution in [0.15, 0.2) is 0 Å². The van der Waals surface area contributed by atoms with E-state index >= 15 is 0 Å². The zero-order valence-electron chi connectivity index (χ0n) is 9.29. The Morgan fingerprint density at radius 3 is 2.36 bits per heavy atom. The second-order valence-electron chi connectivity index (χ2n) is 4.87. The first-order valence-electron chi connectivity index (χ1n) is 4.93. The highest BCUT2D eigenvalue weighted by Crippen LogP contribution is 2.54. The van der Waals surface area contributed by atoms with Crippen molar-refractivity contribution in [3.8, 4) is 0 Å². The van der Waals surface area contributed by atoms with Gasteiger partial charge < -0.3 is 9.53 Å². The van der Waals surface area contributed by atoms with Gasteiger partial charge in [0.2, 0.25) is 0 Å². The van der Waals surface area contributed by atoms with Crippen molar-refractivity contribution in [1.29, 1.82) is 0 Å². The number of methoxy groups -OCH3 is 1. The minimum Gasteiger partial charge on any atom is -0.469 e. The fourth-order valence-corrected chi connectivity index (χ4v) is 2.29. The first-order valence-corrected chi connectivity index (χ1v) is 4.93. The molecule has 0 bridgehead atoms. The van der Waals surface area contributed by atoms with E-state index in [4.69, 9.17) is 4.74 Å². The Kier molecular flexibility index (Phi) is 2.70. The SMILES string of the molecule is COC(=O)[C@@H]1CC[C@](C)(C=O)C1(C)C. The van der Waals surface area contributed by atoms with Gasteiger partial charge in [-0.05, 0) is 18.3 Å². The molecule has 1 aliphatic rings. The van der Waals surface area contributed by atoms with Crippen molar-refractivity contribution in [2.24, 2.45) is 16.7 Å². The van der Waals surface area contributed by atoms with Crippen LogP contribution >= 0.6 is 0 Å². The van der Waals surface area contributed by atoms with Crippen molar-refractivity contribution < 1.29 is 14.3 Å². The molecule has 1 saturated carbocycles. The molecule has 0 unspecified atom stereocenters. The number of rotatable bonds is 2. The molecule has 3 heteroatoms. The van der Waals surface area contributed by atoms with Gasteiger partial charge in [0.15, 0.2) is 0 Å². The standard InChI is InChI=1S/C11H18O3/c1-10(2)8(9(13)14-4)5-6-11(10,3)7-12/h7-8H,5-6H2,1-4H3/t8-,11+/m0/s1. The molecule has 14 heavy (non-hydrogen) atoms. The van der Waals surface area contributed by atoms with Gasteiger partial charge in [0.25, 0.3) is 0 Å². The van der Waals surface area contributed by atoms with E-state index in [0.29, 0.717) is 0 Å². The summed E-state index contributed by atoms with van der Waals surface area (Å²) in [5, 5.41) is 0. The highest BCUT2D eigenvalue weighted by Gasteiger charge is 2.54.